The minimum Gasteiger partial charge on any atom is -0.469 e. The van der Waals surface area contributed by atoms with Crippen molar-refractivity contribution in [1.82, 2.24) is 0 Å². The summed E-state index contributed by atoms with van der Waals surface area (Å²) in [7, 11) is 1.42. The minimum atomic E-state index is -0.449. The molecule has 0 aromatic heterocycles. The summed E-state index contributed by atoms with van der Waals surface area (Å²) in [6, 6.07) is 0. The van der Waals surface area contributed by atoms with E-state index in [1.54, 1.807) is 0 Å². The van der Waals surface area contributed by atoms with Crippen LogP contribution in [-0.2, 0) is 28.6 Å². The van der Waals surface area contributed by atoms with Gasteiger partial charge in [-0.15, -0.1) is 0 Å². The first-order chi connectivity index (χ1) is 14.3. The number of ether oxygens (including phenoxy) is 3. The van der Waals surface area contributed by atoms with Crippen molar-refractivity contribution >= 4 is 17.9 Å². The first-order valence-corrected chi connectivity index (χ1v) is 11.7. The number of methoxy groups -OCH3 is 1. The highest BCUT2D eigenvalue weighted by atomic mass is 16.5. The van der Waals surface area contributed by atoms with E-state index in [0.717, 1.165) is 44.9 Å². The third kappa shape index (κ3) is 18.9. The van der Waals surface area contributed by atoms with Crippen LogP contribution in [0.15, 0.2) is 0 Å². The summed E-state index contributed by atoms with van der Waals surface area (Å²) >= 11 is 0. The highest BCUT2D eigenvalue weighted by molar-refractivity contribution is 5.80. The lowest BCUT2D eigenvalue weighted by atomic mass is 9.95. The summed E-state index contributed by atoms with van der Waals surface area (Å²) in [6.45, 7) is 12.7. The van der Waals surface area contributed by atoms with Gasteiger partial charge in [0.15, 0.2) is 0 Å². The Bertz CT molecular complexity index is 527. The van der Waals surface area contributed by atoms with Gasteiger partial charge in [-0.2, -0.15) is 0 Å². The molecule has 0 aliphatic carbocycles. The van der Waals surface area contributed by atoms with Crippen LogP contribution < -0.4 is 0 Å². The van der Waals surface area contributed by atoms with Crippen molar-refractivity contribution in [3.8, 4) is 0 Å². The maximum absolute atomic E-state index is 12.6. The predicted octanol–water partition coefficient (Wildman–Crippen LogP) is 5.86. The fourth-order valence-corrected chi connectivity index (χ4v) is 2.91. The molecule has 0 radical (unpaired) electrons. The van der Waals surface area contributed by atoms with Gasteiger partial charge in [0.25, 0.3) is 0 Å². The van der Waals surface area contributed by atoms with Gasteiger partial charge in [-0.25, -0.2) is 0 Å². The van der Waals surface area contributed by atoms with Crippen molar-refractivity contribution in [2.75, 3.05) is 20.3 Å². The predicted molar refractivity (Wildman–Crippen MR) is 123 cm³/mol. The van der Waals surface area contributed by atoms with Crippen molar-refractivity contribution in [1.29, 1.82) is 0 Å². The zero-order chi connectivity index (χ0) is 23.9. The van der Waals surface area contributed by atoms with Gasteiger partial charge in [0, 0.05) is 6.42 Å². The van der Waals surface area contributed by atoms with Crippen LogP contribution in [0.4, 0.5) is 0 Å². The van der Waals surface area contributed by atoms with E-state index in [1.165, 1.54) is 7.11 Å². The van der Waals surface area contributed by atoms with Gasteiger partial charge >= 0.3 is 17.9 Å². The van der Waals surface area contributed by atoms with Crippen molar-refractivity contribution in [2.24, 2.45) is 16.7 Å². The van der Waals surface area contributed by atoms with Crippen molar-refractivity contribution in [3.05, 3.63) is 0 Å². The zero-order valence-corrected chi connectivity index (χ0v) is 21.0. The summed E-state index contributed by atoms with van der Waals surface area (Å²) < 4.78 is 15.5. The average Bonchev–Trinajstić information content (AvgIpc) is 2.66. The Morgan fingerprint density at radius 3 is 1.68 bits per heavy atom. The summed E-state index contributed by atoms with van der Waals surface area (Å²) in [5.41, 5.74) is -0.213. The Balaban J connectivity index is 4.33. The molecule has 0 bridgehead atoms. The van der Waals surface area contributed by atoms with E-state index in [9.17, 15) is 14.4 Å². The first-order valence-electron chi connectivity index (χ1n) is 11.7. The maximum atomic E-state index is 12.6. The molecule has 0 aliphatic heterocycles. The number of hydrogen-bond donors (Lipinski definition) is 0. The van der Waals surface area contributed by atoms with E-state index in [4.69, 9.17) is 9.47 Å². The molecule has 0 aliphatic rings. The topological polar surface area (TPSA) is 78.9 Å². The summed E-state index contributed by atoms with van der Waals surface area (Å²) in [5.74, 6) is -1.23. The number of esters is 3. The Morgan fingerprint density at radius 1 is 0.677 bits per heavy atom. The molecule has 0 heterocycles. The van der Waals surface area contributed by atoms with Crippen molar-refractivity contribution < 1.29 is 28.6 Å². The molecule has 6 heteroatoms. The molecule has 1 atom stereocenters. The smallest absolute Gasteiger partial charge is 0.309 e. The minimum absolute atomic E-state index is 0.0760. The molecule has 0 aromatic rings. The molecule has 0 amide bonds. The molecule has 0 spiro atoms. The number of carbonyl (C=O) groups is 3. The molecular weight excluding hydrogens is 396 g/mol. The quantitative estimate of drug-likeness (QED) is 0.180. The van der Waals surface area contributed by atoms with Gasteiger partial charge in [-0.05, 0) is 23.7 Å². The van der Waals surface area contributed by atoms with Crippen LogP contribution in [0.5, 0.6) is 0 Å². The highest BCUT2D eigenvalue weighted by Crippen LogP contribution is 2.21. The lowest BCUT2D eigenvalue weighted by Gasteiger charge is -2.22. The number of hydrogen-bond acceptors (Lipinski definition) is 6. The fraction of sp³-hybridized carbons (Fsp3) is 0.880. The molecule has 0 aromatic carbocycles. The maximum Gasteiger partial charge on any atom is 0.309 e. The van der Waals surface area contributed by atoms with Crippen molar-refractivity contribution in [3.63, 3.8) is 0 Å². The van der Waals surface area contributed by atoms with Gasteiger partial charge in [0.1, 0.15) is 0 Å². The van der Waals surface area contributed by atoms with Gasteiger partial charge in [-0.3, -0.25) is 14.4 Å². The summed E-state index contributed by atoms with van der Waals surface area (Å²) in [4.78, 5) is 35.9. The van der Waals surface area contributed by atoms with Crippen LogP contribution >= 0.6 is 0 Å². The Labute approximate surface area is 189 Å². The van der Waals surface area contributed by atoms with Crippen LogP contribution in [-0.4, -0.2) is 38.2 Å². The van der Waals surface area contributed by atoms with E-state index in [1.807, 2.05) is 41.5 Å². The Kier molecular flexibility index (Phi) is 14.5. The van der Waals surface area contributed by atoms with E-state index in [0.29, 0.717) is 26.1 Å². The lowest BCUT2D eigenvalue weighted by Crippen LogP contribution is -2.27. The summed E-state index contributed by atoms with van der Waals surface area (Å²) in [6.07, 6.45) is 8.25. The van der Waals surface area contributed by atoms with Crippen LogP contribution in [0.2, 0.25) is 0 Å². The molecule has 1 unspecified atom stereocenters. The molecule has 0 saturated heterocycles. The SMILES string of the molecule is COC(=O)CCCCCCCCCC(CC(=O)OCC(C)(C)C)C(=O)OCC(C)(C)C. The van der Waals surface area contributed by atoms with E-state index in [2.05, 4.69) is 4.74 Å². The number of rotatable bonds is 15. The molecule has 6 nitrogen and oxygen atoms in total. The molecular formula is C25H46O6. The van der Waals surface area contributed by atoms with Gasteiger partial charge in [-0.1, -0.05) is 80.1 Å². The molecule has 31 heavy (non-hydrogen) atoms. The fourth-order valence-electron chi connectivity index (χ4n) is 2.91. The second-order valence-corrected chi connectivity index (χ2v) is 10.9. The van der Waals surface area contributed by atoms with Gasteiger partial charge < -0.3 is 14.2 Å². The second kappa shape index (κ2) is 15.3. The Hall–Kier alpha value is -1.59. The van der Waals surface area contributed by atoms with Crippen LogP contribution in [0.25, 0.3) is 0 Å². The van der Waals surface area contributed by atoms with Crippen molar-refractivity contribution in [2.45, 2.75) is 106 Å². The highest BCUT2D eigenvalue weighted by Gasteiger charge is 2.26. The zero-order valence-electron chi connectivity index (χ0n) is 21.0. The Morgan fingerprint density at radius 2 is 1.16 bits per heavy atom. The number of unbranched alkanes of at least 4 members (excludes halogenated alkanes) is 6. The molecule has 182 valence electrons. The van der Waals surface area contributed by atoms with Gasteiger partial charge in [0.05, 0.1) is 32.7 Å². The van der Waals surface area contributed by atoms with Gasteiger partial charge in [0.2, 0.25) is 0 Å². The monoisotopic (exact) mass is 442 g/mol. The molecule has 0 fully saturated rings. The first kappa shape index (κ1) is 29.4. The molecule has 0 rings (SSSR count). The van der Waals surface area contributed by atoms with E-state index >= 15 is 0 Å². The normalized spacial score (nSPS) is 12.9. The molecule has 0 N–H and O–H groups in total. The molecule has 0 saturated carbocycles. The lowest BCUT2D eigenvalue weighted by molar-refractivity contribution is -0.158. The second-order valence-electron chi connectivity index (χ2n) is 10.9. The third-order valence-corrected chi connectivity index (χ3v) is 4.72. The van der Waals surface area contributed by atoms with Crippen LogP contribution in [0, 0.1) is 16.7 Å². The third-order valence-electron chi connectivity index (χ3n) is 4.72. The van der Waals surface area contributed by atoms with Crippen LogP contribution in [0.3, 0.4) is 0 Å². The standard InChI is InChI=1S/C25H46O6/c1-24(2,3)18-30-22(27)17-20(23(28)31-19-25(4,5)6)15-13-11-9-8-10-12-14-16-21(26)29-7/h20H,8-19H2,1-7H3. The average molecular weight is 443 g/mol. The van der Waals surface area contributed by atoms with Crippen LogP contribution in [0.1, 0.15) is 106 Å². The van der Waals surface area contributed by atoms with E-state index < -0.39 is 5.92 Å². The largest absolute Gasteiger partial charge is 0.469 e. The number of carbonyl (C=O) groups excluding carboxylic acids is 3. The van der Waals surface area contributed by atoms with E-state index in [-0.39, 0.29) is 35.2 Å². The summed E-state index contributed by atoms with van der Waals surface area (Å²) in [5, 5.41) is 0.